The SMILES string of the molecule is COCCOc1ccc(C(=O)N[C@]2(C(=O)O)CC[C@H](C)CC2)cc1OCCc1cccc(C)c1. The van der Waals surface area contributed by atoms with Crippen molar-refractivity contribution in [1.29, 1.82) is 0 Å². The topological polar surface area (TPSA) is 94.1 Å². The van der Waals surface area contributed by atoms with Gasteiger partial charge < -0.3 is 24.6 Å². The monoisotopic (exact) mass is 469 g/mol. The molecular weight excluding hydrogens is 434 g/mol. The predicted octanol–water partition coefficient (Wildman–Crippen LogP) is 4.41. The third kappa shape index (κ3) is 6.73. The van der Waals surface area contributed by atoms with Crippen molar-refractivity contribution in [2.75, 3.05) is 26.9 Å². The van der Waals surface area contributed by atoms with E-state index in [4.69, 9.17) is 14.2 Å². The molecule has 2 N–H and O–H groups in total. The van der Waals surface area contributed by atoms with Crippen molar-refractivity contribution in [2.24, 2.45) is 5.92 Å². The smallest absolute Gasteiger partial charge is 0.329 e. The fourth-order valence-electron chi connectivity index (χ4n) is 4.20. The van der Waals surface area contributed by atoms with Crippen LogP contribution in [0.25, 0.3) is 0 Å². The Hall–Kier alpha value is -3.06. The van der Waals surface area contributed by atoms with Crippen molar-refractivity contribution >= 4 is 11.9 Å². The molecule has 184 valence electrons. The Labute approximate surface area is 201 Å². The van der Waals surface area contributed by atoms with E-state index in [1.807, 2.05) is 25.1 Å². The number of rotatable bonds is 11. The van der Waals surface area contributed by atoms with Crippen LogP contribution in [0.15, 0.2) is 42.5 Å². The zero-order valence-corrected chi connectivity index (χ0v) is 20.3. The van der Waals surface area contributed by atoms with Gasteiger partial charge in [0.05, 0.1) is 13.2 Å². The van der Waals surface area contributed by atoms with Crippen LogP contribution >= 0.6 is 0 Å². The number of aryl methyl sites for hydroxylation is 1. The highest BCUT2D eigenvalue weighted by molar-refractivity contribution is 5.98. The van der Waals surface area contributed by atoms with Crippen molar-refractivity contribution in [3.8, 4) is 11.5 Å². The van der Waals surface area contributed by atoms with E-state index in [0.717, 1.165) is 18.4 Å². The fourth-order valence-corrected chi connectivity index (χ4v) is 4.20. The molecule has 3 rings (SSSR count). The summed E-state index contributed by atoms with van der Waals surface area (Å²) in [6, 6.07) is 13.2. The Morgan fingerprint density at radius 3 is 2.44 bits per heavy atom. The van der Waals surface area contributed by atoms with Crippen LogP contribution < -0.4 is 14.8 Å². The van der Waals surface area contributed by atoms with Gasteiger partial charge in [-0.2, -0.15) is 0 Å². The number of carboxylic acids is 1. The number of nitrogens with one attached hydrogen (secondary N) is 1. The number of ether oxygens (including phenoxy) is 3. The van der Waals surface area contributed by atoms with Crippen molar-refractivity contribution < 1.29 is 28.9 Å². The van der Waals surface area contributed by atoms with Crippen molar-refractivity contribution in [2.45, 2.75) is 51.5 Å². The van der Waals surface area contributed by atoms with Gasteiger partial charge in [-0.05, 0) is 62.3 Å². The van der Waals surface area contributed by atoms with Gasteiger partial charge in [0, 0.05) is 19.1 Å². The summed E-state index contributed by atoms with van der Waals surface area (Å²) in [5.41, 5.74) is 1.45. The second-order valence-electron chi connectivity index (χ2n) is 9.11. The van der Waals surface area contributed by atoms with Gasteiger partial charge in [-0.3, -0.25) is 4.79 Å². The first kappa shape index (κ1) is 25.6. The largest absolute Gasteiger partial charge is 0.489 e. The van der Waals surface area contributed by atoms with E-state index in [2.05, 4.69) is 18.3 Å². The first-order valence-electron chi connectivity index (χ1n) is 11.8. The van der Waals surface area contributed by atoms with E-state index in [1.165, 1.54) is 5.56 Å². The van der Waals surface area contributed by atoms with E-state index in [-0.39, 0.29) is 0 Å². The molecule has 0 aromatic heterocycles. The average Bonchev–Trinajstić information content (AvgIpc) is 2.81. The molecule has 34 heavy (non-hydrogen) atoms. The quantitative estimate of drug-likeness (QED) is 0.474. The van der Waals surface area contributed by atoms with Crippen molar-refractivity contribution in [3.05, 3.63) is 59.2 Å². The van der Waals surface area contributed by atoms with E-state index in [1.54, 1.807) is 25.3 Å². The highest BCUT2D eigenvalue weighted by Crippen LogP contribution is 2.33. The van der Waals surface area contributed by atoms with Gasteiger partial charge >= 0.3 is 5.97 Å². The average molecular weight is 470 g/mol. The lowest BCUT2D eigenvalue weighted by Crippen LogP contribution is -2.56. The van der Waals surface area contributed by atoms with Crippen LogP contribution in [0.3, 0.4) is 0 Å². The van der Waals surface area contributed by atoms with Gasteiger partial charge in [0.2, 0.25) is 0 Å². The summed E-state index contributed by atoms with van der Waals surface area (Å²) in [6.07, 6.45) is 3.09. The third-order valence-corrected chi connectivity index (χ3v) is 6.37. The normalized spacial score (nSPS) is 19.9. The lowest BCUT2D eigenvalue weighted by atomic mass is 9.77. The molecule has 0 heterocycles. The Morgan fingerprint density at radius 2 is 1.76 bits per heavy atom. The van der Waals surface area contributed by atoms with Crippen LogP contribution in [0.1, 0.15) is 54.1 Å². The van der Waals surface area contributed by atoms with Crippen LogP contribution in [0, 0.1) is 12.8 Å². The number of amides is 1. The minimum atomic E-state index is -1.23. The van der Waals surface area contributed by atoms with Crippen LogP contribution in [-0.2, 0) is 16.0 Å². The van der Waals surface area contributed by atoms with Crippen molar-refractivity contribution in [3.63, 3.8) is 0 Å². The van der Waals surface area contributed by atoms with Crippen LogP contribution in [0.5, 0.6) is 11.5 Å². The van der Waals surface area contributed by atoms with E-state index in [9.17, 15) is 14.7 Å². The molecule has 1 saturated carbocycles. The predicted molar refractivity (Wildman–Crippen MR) is 130 cm³/mol. The Kier molecular flexibility index (Phi) is 8.93. The molecule has 0 aliphatic heterocycles. The molecule has 0 radical (unpaired) electrons. The number of aliphatic carboxylic acids is 1. The number of carbonyl (C=O) groups is 2. The number of benzene rings is 2. The van der Waals surface area contributed by atoms with Crippen LogP contribution in [0.2, 0.25) is 0 Å². The second kappa shape index (κ2) is 11.9. The molecule has 7 nitrogen and oxygen atoms in total. The Bertz CT molecular complexity index is 981. The molecule has 0 saturated heterocycles. The zero-order valence-electron chi connectivity index (χ0n) is 20.3. The Balaban J connectivity index is 1.74. The van der Waals surface area contributed by atoms with E-state index >= 15 is 0 Å². The molecule has 1 fully saturated rings. The first-order chi connectivity index (χ1) is 16.3. The molecule has 7 heteroatoms. The van der Waals surface area contributed by atoms with Gasteiger partial charge in [-0.1, -0.05) is 36.8 Å². The van der Waals surface area contributed by atoms with Gasteiger partial charge in [0.1, 0.15) is 12.1 Å². The molecule has 0 atom stereocenters. The maximum absolute atomic E-state index is 13.1. The van der Waals surface area contributed by atoms with E-state index in [0.29, 0.717) is 62.1 Å². The van der Waals surface area contributed by atoms with Crippen molar-refractivity contribution in [1.82, 2.24) is 5.32 Å². The number of carbonyl (C=O) groups excluding carboxylic acids is 1. The minimum Gasteiger partial charge on any atom is -0.489 e. The summed E-state index contributed by atoms with van der Waals surface area (Å²) in [4.78, 5) is 25.1. The van der Waals surface area contributed by atoms with Gasteiger partial charge in [-0.15, -0.1) is 0 Å². The molecular formula is C27H35NO6. The molecule has 0 bridgehead atoms. The summed E-state index contributed by atoms with van der Waals surface area (Å²) in [6.45, 7) is 5.33. The fraction of sp³-hybridized carbons (Fsp3) is 0.481. The van der Waals surface area contributed by atoms with Gasteiger partial charge in [-0.25, -0.2) is 4.79 Å². The molecule has 2 aromatic carbocycles. The minimum absolute atomic E-state index is 0.337. The standard InChI is InChI=1S/C27H35NO6/c1-19-9-12-27(13-10-19,26(30)31)28-25(29)22-7-8-23(34-16-15-32-3)24(18-22)33-14-11-21-6-4-5-20(2)17-21/h4-8,17-19H,9-16H2,1-3H3,(H,28,29)(H,30,31)/t19-,27+. The van der Waals surface area contributed by atoms with Gasteiger partial charge in [0.25, 0.3) is 5.91 Å². The number of hydrogen-bond donors (Lipinski definition) is 2. The summed E-state index contributed by atoms with van der Waals surface area (Å²) in [7, 11) is 1.60. The lowest BCUT2D eigenvalue weighted by molar-refractivity contribution is -0.146. The maximum atomic E-state index is 13.1. The van der Waals surface area contributed by atoms with E-state index < -0.39 is 17.4 Å². The van der Waals surface area contributed by atoms with Crippen LogP contribution in [0.4, 0.5) is 0 Å². The molecule has 1 amide bonds. The Morgan fingerprint density at radius 1 is 1.03 bits per heavy atom. The summed E-state index contributed by atoms with van der Waals surface area (Å²) >= 11 is 0. The summed E-state index contributed by atoms with van der Waals surface area (Å²) in [5.74, 6) is 0.00229. The first-order valence-corrected chi connectivity index (χ1v) is 11.8. The number of hydrogen-bond acceptors (Lipinski definition) is 5. The third-order valence-electron chi connectivity index (χ3n) is 6.37. The number of methoxy groups -OCH3 is 1. The lowest BCUT2D eigenvalue weighted by Gasteiger charge is -2.36. The maximum Gasteiger partial charge on any atom is 0.329 e. The molecule has 1 aliphatic rings. The molecule has 0 unspecified atom stereocenters. The molecule has 0 spiro atoms. The zero-order chi connectivity index (χ0) is 24.6. The molecule has 1 aliphatic carbocycles. The second-order valence-corrected chi connectivity index (χ2v) is 9.11. The summed E-state index contributed by atoms with van der Waals surface area (Å²) < 4.78 is 16.9. The van der Waals surface area contributed by atoms with Gasteiger partial charge in [0.15, 0.2) is 11.5 Å². The highest BCUT2D eigenvalue weighted by atomic mass is 16.5. The highest BCUT2D eigenvalue weighted by Gasteiger charge is 2.42. The summed E-state index contributed by atoms with van der Waals surface area (Å²) in [5, 5.41) is 12.7. The number of carboxylic acid groups (broad SMARTS) is 1. The van der Waals surface area contributed by atoms with Crippen LogP contribution in [-0.4, -0.2) is 49.5 Å². The molecule has 2 aromatic rings.